The standard InChI is InChI=1S/C20H21N3O8/c1-12(24)29-10-14-6-13(4-5-19(25)21(2)3)9-22(14)20(26)15-7-17-18(31-11-30-17)8-16(15)23(27)28/h4-5,7-9,14H,6,10-11H2,1-3H3/b5-4+/t14-/m0/s1. The lowest BCUT2D eigenvalue weighted by atomic mass is 10.1. The molecule has 2 aliphatic rings. The highest BCUT2D eigenvalue weighted by Crippen LogP contribution is 2.39. The van der Waals surface area contributed by atoms with Gasteiger partial charge in [0.2, 0.25) is 12.7 Å². The predicted molar refractivity (Wildman–Crippen MR) is 106 cm³/mol. The van der Waals surface area contributed by atoms with E-state index in [-0.39, 0.29) is 36.4 Å². The molecule has 164 valence electrons. The highest BCUT2D eigenvalue weighted by Gasteiger charge is 2.35. The summed E-state index contributed by atoms with van der Waals surface area (Å²) in [6.45, 7) is 1.04. The van der Waals surface area contributed by atoms with E-state index in [0.29, 0.717) is 12.0 Å². The van der Waals surface area contributed by atoms with Crippen LogP contribution in [0.4, 0.5) is 5.69 Å². The van der Waals surface area contributed by atoms with Crippen LogP contribution in [0.15, 0.2) is 36.1 Å². The second-order valence-corrected chi connectivity index (χ2v) is 7.12. The molecule has 0 aromatic heterocycles. The quantitative estimate of drug-likeness (QED) is 0.288. The van der Waals surface area contributed by atoms with Crippen molar-refractivity contribution in [3.05, 3.63) is 51.7 Å². The summed E-state index contributed by atoms with van der Waals surface area (Å²) in [5.74, 6) is -1.01. The first-order valence-corrected chi connectivity index (χ1v) is 9.31. The van der Waals surface area contributed by atoms with Crippen LogP contribution in [-0.4, -0.2) is 66.0 Å². The monoisotopic (exact) mass is 431 g/mol. The zero-order valence-electron chi connectivity index (χ0n) is 17.2. The normalized spacial score (nSPS) is 16.9. The Labute approximate surface area is 177 Å². The van der Waals surface area contributed by atoms with Gasteiger partial charge in [0.05, 0.1) is 17.0 Å². The lowest BCUT2D eigenvalue weighted by Gasteiger charge is -2.23. The minimum absolute atomic E-state index is 0.0995. The molecule has 1 aromatic rings. The van der Waals surface area contributed by atoms with Gasteiger partial charge in [-0.15, -0.1) is 0 Å². The van der Waals surface area contributed by atoms with E-state index >= 15 is 0 Å². The summed E-state index contributed by atoms with van der Waals surface area (Å²) in [7, 11) is 3.21. The van der Waals surface area contributed by atoms with Gasteiger partial charge in [-0.05, 0) is 12.0 Å². The van der Waals surface area contributed by atoms with Gasteiger partial charge >= 0.3 is 5.97 Å². The molecule has 0 aliphatic carbocycles. The molecule has 0 N–H and O–H groups in total. The van der Waals surface area contributed by atoms with E-state index in [2.05, 4.69) is 0 Å². The van der Waals surface area contributed by atoms with Gasteiger partial charge in [-0.3, -0.25) is 24.5 Å². The molecular weight excluding hydrogens is 410 g/mol. The Morgan fingerprint density at radius 1 is 1.29 bits per heavy atom. The number of fused-ring (bicyclic) bond motifs is 1. The van der Waals surface area contributed by atoms with E-state index in [0.717, 1.165) is 6.07 Å². The van der Waals surface area contributed by atoms with Crippen molar-refractivity contribution >= 4 is 23.5 Å². The minimum Gasteiger partial charge on any atom is -0.464 e. The molecule has 0 bridgehead atoms. The van der Waals surface area contributed by atoms with Crippen LogP contribution in [0.2, 0.25) is 0 Å². The Bertz CT molecular complexity index is 998. The Balaban J connectivity index is 1.94. The number of ether oxygens (including phenoxy) is 3. The molecule has 2 heterocycles. The Kier molecular flexibility index (Phi) is 6.23. The predicted octanol–water partition coefficient (Wildman–Crippen LogP) is 1.63. The molecule has 0 unspecified atom stereocenters. The van der Waals surface area contributed by atoms with Crippen LogP contribution in [0.25, 0.3) is 0 Å². The Morgan fingerprint density at radius 2 is 1.97 bits per heavy atom. The summed E-state index contributed by atoms with van der Waals surface area (Å²) in [4.78, 5) is 49.9. The van der Waals surface area contributed by atoms with Gasteiger partial charge in [0.1, 0.15) is 12.2 Å². The number of allylic oxidation sites excluding steroid dienone is 1. The number of carbonyl (C=O) groups is 3. The highest BCUT2D eigenvalue weighted by molar-refractivity contribution is 6.00. The van der Waals surface area contributed by atoms with Gasteiger partial charge in [0.25, 0.3) is 11.6 Å². The number of likely N-dealkylation sites (N-methyl/N-ethyl adjacent to an activating group) is 1. The first-order valence-electron chi connectivity index (χ1n) is 9.31. The number of nitro groups is 1. The summed E-state index contributed by atoms with van der Waals surface area (Å²) >= 11 is 0. The van der Waals surface area contributed by atoms with Gasteiger partial charge in [-0.2, -0.15) is 0 Å². The lowest BCUT2D eigenvalue weighted by molar-refractivity contribution is -0.385. The number of nitro benzene ring substituents is 1. The van der Waals surface area contributed by atoms with E-state index in [1.54, 1.807) is 20.2 Å². The summed E-state index contributed by atoms with van der Waals surface area (Å²) in [5.41, 5.74) is 0.0117. The van der Waals surface area contributed by atoms with Crippen molar-refractivity contribution in [1.82, 2.24) is 9.80 Å². The second kappa shape index (κ2) is 8.86. The molecule has 1 atom stereocenters. The van der Waals surface area contributed by atoms with E-state index in [4.69, 9.17) is 14.2 Å². The summed E-state index contributed by atoms with van der Waals surface area (Å²) in [6, 6.07) is 1.83. The maximum absolute atomic E-state index is 13.3. The number of benzene rings is 1. The number of hydrogen-bond acceptors (Lipinski definition) is 8. The fourth-order valence-electron chi connectivity index (χ4n) is 3.12. The lowest BCUT2D eigenvalue weighted by Crippen LogP contribution is -2.36. The molecule has 0 spiro atoms. The average molecular weight is 431 g/mol. The molecule has 0 saturated heterocycles. The van der Waals surface area contributed by atoms with Crippen LogP contribution in [0.1, 0.15) is 23.7 Å². The number of nitrogens with zero attached hydrogens (tertiary/aromatic N) is 3. The topological polar surface area (TPSA) is 129 Å². The fraction of sp³-hybridized carbons (Fsp3) is 0.350. The zero-order chi connectivity index (χ0) is 22.7. The molecule has 1 aromatic carbocycles. The van der Waals surface area contributed by atoms with Crippen molar-refractivity contribution in [1.29, 1.82) is 0 Å². The van der Waals surface area contributed by atoms with Crippen molar-refractivity contribution in [3.8, 4) is 11.5 Å². The van der Waals surface area contributed by atoms with Crippen molar-refractivity contribution in [2.75, 3.05) is 27.5 Å². The molecule has 2 aliphatic heterocycles. The summed E-state index contributed by atoms with van der Waals surface area (Å²) < 4.78 is 15.5. The van der Waals surface area contributed by atoms with Crippen molar-refractivity contribution in [3.63, 3.8) is 0 Å². The highest BCUT2D eigenvalue weighted by atomic mass is 16.7. The van der Waals surface area contributed by atoms with Crippen LogP contribution < -0.4 is 9.47 Å². The van der Waals surface area contributed by atoms with Crippen LogP contribution in [0.5, 0.6) is 11.5 Å². The number of amides is 2. The third-order valence-electron chi connectivity index (χ3n) is 4.68. The van der Waals surface area contributed by atoms with E-state index < -0.39 is 28.5 Å². The Hall–Kier alpha value is -3.89. The number of rotatable bonds is 6. The second-order valence-electron chi connectivity index (χ2n) is 7.12. The number of hydrogen-bond donors (Lipinski definition) is 0. The molecule has 0 radical (unpaired) electrons. The number of esters is 1. The van der Waals surface area contributed by atoms with Crippen LogP contribution in [0, 0.1) is 10.1 Å². The van der Waals surface area contributed by atoms with Crippen LogP contribution in [-0.2, 0) is 14.3 Å². The molecular formula is C20H21N3O8. The van der Waals surface area contributed by atoms with Crippen molar-refractivity contribution < 1.29 is 33.5 Å². The smallest absolute Gasteiger partial charge is 0.302 e. The molecule has 31 heavy (non-hydrogen) atoms. The van der Waals surface area contributed by atoms with Crippen molar-refractivity contribution in [2.45, 2.75) is 19.4 Å². The largest absolute Gasteiger partial charge is 0.464 e. The van der Waals surface area contributed by atoms with Gasteiger partial charge in [-0.25, -0.2) is 0 Å². The third kappa shape index (κ3) is 4.82. The first kappa shape index (κ1) is 21.8. The van der Waals surface area contributed by atoms with Gasteiger partial charge in [-0.1, -0.05) is 6.08 Å². The first-order chi connectivity index (χ1) is 14.7. The maximum atomic E-state index is 13.3. The SMILES string of the molecule is CC(=O)OC[C@@H]1CC(/C=C/C(=O)N(C)C)=CN1C(=O)c1cc2c(cc1[N+](=O)[O-])OCO2. The van der Waals surface area contributed by atoms with Crippen molar-refractivity contribution in [2.24, 2.45) is 0 Å². The number of carbonyl (C=O) groups excluding carboxylic acids is 3. The molecule has 2 amide bonds. The third-order valence-corrected chi connectivity index (χ3v) is 4.68. The molecule has 11 nitrogen and oxygen atoms in total. The van der Waals surface area contributed by atoms with Crippen LogP contribution in [0.3, 0.4) is 0 Å². The van der Waals surface area contributed by atoms with Gasteiger partial charge in [0, 0.05) is 39.4 Å². The summed E-state index contributed by atoms with van der Waals surface area (Å²) in [5, 5.41) is 11.5. The van der Waals surface area contributed by atoms with Gasteiger partial charge < -0.3 is 24.0 Å². The Morgan fingerprint density at radius 3 is 2.58 bits per heavy atom. The molecule has 0 fully saturated rings. The minimum atomic E-state index is -0.674. The fourth-order valence-corrected chi connectivity index (χ4v) is 3.12. The molecule has 0 saturated carbocycles. The van der Waals surface area contributed by atoms with Crippen LogP contribution >= 0.6 is 0 Å². The zero-order valence-corrected chi connectivity index (χ0v) is 17.2. The average Bonchev–Trinajstić information content (AvgIpc) is 3.34. The van der Waals surface area contributed by atoms with E-state index in [9.17, 15) is 24.5 Å². The molecule has 3 rings (SSSR count). The van der Waals surface area contributed by atoms with E-state index in [1.807, 2.05) is 0 Å². The summed E-state index contributed by atoms with van der Waals surface area (Å²) in [6.07, 6.45) is 4.70. The van der Waals surface area contributed by atoms with Gasteiger partial charge in [0.15, 0.2) is 11.5 Å². The maximum Gasteiger partial charge on any atom is 0.302 e. The molecule has 11 heteroatoms. The van der Waals surface area contributed by atoms with E-state index in [1.165, 1.54) is 35.1 Å².